The molecule has 0 aliphatic carbocycles. The molecule has 1 aliphatic rings. The van der Waals surface area contributed by atoms with E-state index in [1.807, 2.05) is 17.0 Å². The summed E-state index contributed by atoms with van der Waals surface area (Å²) in [4.78, 5) is 14.1. The van der Waals surface area contributed by atoms with E-state index in [9.17, 15) is 9.90 Å². The third-order valence-corrected chi connectivity index (χ3v) is 5.13. The van der Waals surface area contributed by atoms with E-state index in [2.05, 4.69) is 31.3 Å². The summed E-state index contributed by atoms with van der Waals surface area (Å²) < 4.78 is 0. The van der Waals surface area contributed by atoms with Crippen LogP contribution in [0.5, 0.6) is 0 Å². The second kappa shape index (κ2) is 7.63. The second-order valence-corrected chi connectivity index (χ2v) is 6.41. The van der Waals surface area contributed by atoms with Crippen molar-refractivity contribution in [2.24, 2.45) is 5.41 Å². The van der Waals surface area contributed by atoms with Gasteiger partial charge in [0.25, 0.3) is 0 Å². The highest BCUT2D eigenvalue weighted by atomic mass is 16.3. The highest BCUT2D eigenvalue weighted by Crippen LogP contribution is 2.34. The number of urea groups is 1. The smallest absolute Gasteiger partial charge is 0.317 e. The van der Waals surface area contributed by atoms with Crippen LogP contribution in [0.2, 0.25) is 0 Å². The highest BCUT2D eigenvalue weighted by Gasteiger charge is 2.33. The number of aliphatic hydroxyl groups is 1. The van der Waals surface area contributed by atoms with Gasteiger partial charge in [-0.05, 0) is 49.1 Å². The summed E-state index contributed by atoms with van der Waals surface area (Å²) >= 11 is 0. The molecule has 0 saturated carbocycles. The topological polar surface area (TPSA) is 52.6 Å². The Morgan fingerprint density at radius 1 is 1.32 bits per heavy atom. The van der Waals surface area contributed by atoms with Gasteiger partial charge in [-0.1, -0.05) is 31.2 Å². The fourth-order valence-corrected chi connectivity index (χ4v) is 3.11. The Kier molecular flexibility index (Phi) is 5.83. The Bertz CT molecular complexity index is 488. The number of amides is 2. The summed E-state index contributed by atoms with van der Waals surface area (Å²) in [5, 5.41) is 12.6. The average Bonchev–Trinajstić information content (AvgIpc) is 2.56. The van der Waals surface area contributed by atoms with Crippen molar-refractivity contribution in [1.29, 1.82) is 0 Å². The van der Waals surface area contributed by atoms with E-state index in [1.165, 1.54) is 11.1 Å². The molecule has 0 radical (unpaired) electrons. The third kappa shape index (κ3) is 4.01. The van der Waals surface area contributed by atoms with Crippen molar-refractivity contribution >= 4 is 6.03 Å². The lowest BCUT2D eigenvalue weighted by Crippen LogP contribution is -2.48. The van der Waals surface area contributed by atoms with Crippen LogP contribution in [-0.4, -0.2) is 42.3 Å². The molecule has 0 unspecified atom stereocenters. The molecule has 0 atom stereocenters. The fourth-order valence-electron chi connectivity index (χ4n) is 3.11. The van der Waals surface area contributed by atoms with E-state index in [0.29, 0.717) is 6.54 Å². The molecular formula is C18H28N2O2. The quantitative estimate of drug-likeness (QED) is 0.879. The van der Waals surface area contributed by atoms with E-state index >= 15 is 0 Å². The van der Waals surface area contributed by atoms with E-state index < -0.39 is 0 Å². The summed E-state index contributed by atoms with van der Waals surface area (Å²) in [6.07, 6.45) is 3.63. The SMILES string of the molecule is CCC1(CO)CCN(C(=O)NCCc2ccccc2C)CC1. The first kappa shape index (κ1) is 16.8. The second-order valence-electron chi connectivity index (χ2n) is 6.41. The molecule has 2 amide bonds. The number of nitrogens with zero attached hydrogens (tertiary/aromatic N) is 1. The van der Waals surface area contributed by atoms with Gasteiger partial charge < -0.3 is 15.3 Å². The first-order valence-electron chi connectivity index (χ1n) is 8.28. The Balaban J connectivity index is 1.76. The summed E-state index contributed by atoms with van der Waals surface area (Å²) in [6.45, 7) is 6.59. The number of likely N-dealkylation sites (tertiary alicyclic amines) is 1. The largest absolute Gasteiger partial charge is 0.396 e. The molecule has 1 aliphatic heterocycles. The molecule has 1 aromatic rings. The molecule has 4 heteroatoms. The van der Waals surface area contributed by atoms with Crippen molar-refractivity contribution in [3.8, 4) is 0 Å². The molecule has 1 fully saturated rings. The number of benzene rings is 1. The minimum absolute atomic E-state index is 0.0243. The van der Waals surface area contributed by atoms with Crippen LogP contribution in [0.25, 0.3) is 0 Å². The molecule has 122 valence electrons. The van der Waals surface area contributed by atoms with Gasteiger partial charge in [0.05, 0.1) is 0 Å². The van der Waals surface area contributed by atoms with Gasteiger partial charge in [-0.2, -0.15) is 0 Å². The van der Waals surface area contributed by atoms with Crippen LogP contribution < -0.4 is 5.32 Å². The minimum atomic E-state index is 0.0243. The summed E-state index contributed by atoms with van der Waals surface area (Å²) in [6, 6.07) is 8.30. The van der Waals surface area contributed by atoms with Crippen molar-refractivity contribution in [3.05, 3.63) is 35.4 Å². The zero-order chi connectivity index (χ0) is 16.0. The molecule has 1 aromatic carbocycles. The minimum Gasteiger partial charge on any atom is -0.396 e. The molecule has 1 heterocycles. The van der Waals surface area contributed by atoms with Gasteiger partial charge >= 0.3 is 6.03 Å². The monoisotopic (exact) mass is 304 g/mol. The Hall–Kier alpha value is -1.55. The standard InChI is InChI=1S/C18H28N2O2/c1-3-18(14-21)9-12-20(13-10-18)17(22)19-11-8-16-7-5-4-6-15(16)2/h4-7,21H,3,8-14H2,1-2H3,(H,19,22). The Morgan fingerprint density at radius 2 is 2.00 bits per heavy atom. The maximum Gasteiger partial charge on any atom is 0.317 e. The van der Waals surface area contributed by atoms with Crippen molar-refractivity contribution in [1.82, 2.24) is 10.2 Å². The van der Waals surface area contributed by atoms with Crippen LogP contribution in [0.3, 0.4) is 0 Å². The van der Waals surface area contributed by atoms with E-state index in [4.69, 9.17) is 0 Å². The number of rotatable bonds is 5. The third-order valence-electron chi connectivity index (χ3n) is 5.13. The van der Waals surface area contributed by atoms with E-state index in [0.717, 1.165) is 38.8 Å². The maximum absolute atomic E-state index is 12.2. The molecule has 2 N–H and O–H groups in total. The summed E-state index contributed by atoms with van der Waals surface area (Å²) in [5.74, 6) is 0. The number of piperidine rings is 1. The van der Waals surface area contributed by atoms with Crippen molar-refractivity contribution < 1.29 is 9.90 Å². The van der Waals surface area contributed by atoms with Crippen LogP contribution in [0.1, 0.15) is 37.3 Å². The predicted molar refractivity (Wildman–Crippen MR) is 88.9 cm³/mol. The van der Waals surface area contributed by atoms with Gasteiger partial charge in [-0.25, -0.2) is 4.79 Å². The van der Waals surface area contributed by atoms with Crippen LogP contribution in [0.4, 0.5) is 4.79 Å². The number of hydrogen-bond acceptors (Lipinski definition) is 2. The number of carbonyl (C=O) groups is 1. The normalized spacial score (nSPS) is 17.3. The van der Waals surface area contributed by atoms with E-state index in [-0.39, 0.29) is 18.1 Å². The lowest BCUT2D eigenvalue weighted by Gasteiger charge is -2.40. The summed E-state index contributed by atoms with van der Waals surface area (Å²) in [5.41, 5.74) is 2.58. The van der Waals surface area contributed by atoms with Crippen molar-refractivity contribution in [3.63, 3.8) is 0 Å². The first-order valence-corrected chi connectivity index (χ1v) is 8.28. The van der Waals surface area contributed by atoms with Gasteiger partial charge in [0.2, 0.25) is 0 Å². The molecule has 0 aromatic heterocycles. The van der Waals surface area contributed by atoms with E-state index in [1.54, 1.807) is 0 Å². The van der Waals surface area contributed by atoms with Crippen LogP contribution in [0, 0.1) is 12.3 Å². The average molecular weight is 304 g/mol. The molecule has 22 heavy (non-hydrogen) atoms. The van der Waals surface area contributed by atoms with Gasteiger partial charge in [0.15, 0.2) is 0 Å². The van der Waals surface area contributed by atoms with Crippen molar-refractivity contribution in [2.75, 3.05) is 26.2 Å². The molecule has 0 spiro atoms. The molecule has 2 rings (SSSR count). The van der Waals surface area contributed by atoms with Crippen molar-refractivity contribution in [2.45, 2.75) is 39.5 Å². The zero-order valence-electron chi connectivity index (χ0n) is 13.8. The molecule has 4 nitrogen and oxygen atoms in total. The van der Waals surface area contributed by atoms with Crippen LogP contribution >= 0.6 is 0 Å². The van der Waals surface area contributed by atoms with Crippen LogP contribution in [-0.2, 0) is 6.42 Å². The number of hydrogen-bond donors (Lipinski definition) is 2. The number of aryl methyl sites for hydroxylation is 1. The molecular weight excluding hydrogens is 276 g/mol. The first-order chi connectivity index (χ1) is 10.6. The molecule has 0 bridgehead atoms. The number of aliphatic hydroxyl groups excluding tert-OH is 1. The number of nitrogens with one attached hydrogen (secondary N) is 1. The highest BCUT2D eigenvalue weighted by molar-refractivity contribution is 5.74. The van der Waals surface area contributed by atoms with Gasteiger partial charge in [-0.15, -0.1) is 0 Å². The zero-order valence-corrected chi connectivity index (χ0v) is 13.8. The Labute approximate surface area is 133 Å². The van der Waals surface area contributed by atoms with Gasteiger partial charge in [0, 0.05) is 26.2 Å². The molecule has 1 saturated heterocycles. The van der Waals surface area contributed by atoms with Crippen LogP contribution in [0.15, 0.2) is 24.3 Å². The number of carbonyl (C=O) groups excluding carboxylic acids is 1. The summed E-state index contributed by atoms with van der Waals surface area (Å²) in [7, 11) is 0. The predicted octanol–water partition coefficient (Wildman–Crippen LogP) is 2.73. The fraction of sp³-hybridized carbons (Fsp3) is 0.611. The van der Waals surface area contributed by atoms with Gasteiger partial charge in [0.1, 0.15) is 0 Å². The lowest BCUT2D eigenvalue weighted by molar-refractivity contribution is 0.0520. The van der Waals surface area contributed by atoms with Gasteiger partial charge in [-0.3, -0.25) is 0 Å². The maximum atomic E-state index is 12.2. The lowest BCUT2D eigenvalue weighted by atomic mass is 9.77. The Morgan fingerprint density at radius 3 is 2.59 bits per heavy atom.